The third-order valence-electron chi connectivity index (χ3n) is 14.9. The molecule has 0 aromatic heterocycles. The Morgan fingerprint density at radius 1 is 0.444 bits per heavy atom. The van der Waals surface area contributed by atoms with E-state index in [1.165, 1.54) is 35.1 Å². The van der Waals surface area contributed by atoms with Gasteiger partial charge in [-0.1, -0.05) is 85.6 Å². The summed E-state index contributed by atoms with van der Waals surface area (Å²) in [6.07, 6.45) is -0.598. The minimum atomic E-state index is -1.89. The van der Waals surface area contributed by atoms with Crippen molar-refractivity contribution >= 4 is 58.9 Å². The fourth-order valence-corrected chi connectivity index (χ4v) is 10.2. The quantitative estimate of drug-likeness (QED) is 0.139. The lowest BCUT2D eigenvalue weighted by atomic mass is 9.99. The average molecular weight is 1130 g/mol. The van der Waals surface area contributed by atoms with E-state index < -0.39 is 96.1 Å². The minimum Gasteiger partial charge on any atom is -0.451 e. The van der Waals surface area contributed by atoms with Crippen molar-refractivity contribution in [2.45, 2.75) is 149 Å². The summed E-state index contributed by atoms with van der Waals surface area (Å²) in [4.78, 5) is 126. The lowest BCUT2D eigenvalue weighted by Gasteiger charge is -2.35. The number of carbonyl (C=O) groups excluding carboxylic acids is 8. The van der Waals surface area contributed by atoms with Gasteiger partial charge in [0.15, 0.2) is 18.3 Å². The predicted octanol–water partition coefficient (Wildman–Crippen LogP) is 4.95. The highest BCUT2D eigenvalue weighted by atomic mass is 16.6. The summed E-state index contributed by atoms with van der Waals surface area (Å²) in [6, 6.07) is 9.56. The summed E-state index contributed by atoms with van der Waals surface area (Å²) in [6.45, 7) is 21.1. The molecule has 0 radical (unpaired) electrons. The minimum absolute atomic E-state index is 0.0290. The lowest BCUT2D eigenvalue weighted by Crippen LogP contribution is -2.55. The molecule has 4 amide bonds. The second-order valence-corrected chi connectivity index (χ2v) is 23.2. The first kappa shape index (κ1) is 65.1. The van der Waals surface area contributed by atoms with Gasteiger partial charge in [-0.25, -0.2) is 19.2 Å². The number of nitrogens with zero attached hydrogens (tertiary/aromatic N) is 6. The van der Waals surface area contributed by atoms with Crippen LogP contribution in [0.4, 0.5) is 11.4 Å². The van der Waals surface area contributed by atoms with Crippen molar-refractivity contribution in [3.8, 4) is 12.3 Å². The van der Waals surface area contributed by atoms with Crippen LogP contribution in [0, 0.1) is 36.0 Å². The van der Waals surface area contributed by atoms with Gasteiger partial charge in [-0.2, -0.15) is 0 Å². The maximum atomic E-state index is 15.0. The zero-order valence-corrected chi connectivity index (χ0v) is 49.9. The van der Waals surface area contributed by atoms with Gasteiger partial charge in [0.2, 0.25) is 6.10 Å². The number of esters is 4. The van der Waals surface area contributed by atoms with Crippen LogP contribution < -0.4 is 9.80 Å². The molecule has 446 valence electrons. The van der Waals surface area contributed by atoms with Crippen LogP contribution in [0.5, 0.6) is 0 Å². The van der Waals surface area contributed by atoms with Crippen LogP contribution in [-0.4, -0.2) is 196 Å². The van der Waals surface area contributed by atoms with E-state index in [2.05, 4.69) is 15.7 Å². The summed E-state index contributed by atoms with van der Waals surface area (Å²) in [5, 5.41) is 0. The maximum absolute atomic E-state index is 15.0. The van der Waals surface area contributed by atoms with Gasteiger partial charge in [0.05, 0.1) is 26.4 Å². The van der Waals surface area contributed by atoms with Gasteiger partial charge in [0.1, 0.15) is 24.2 Å². The van der Waals surface area contributed by atoms with E-state index in [0.29, 0.717) is 63.7 Å². The van der Waals surface area contributed by atoms with Gasteiger partial charge in [0.25, 0.3) is 23.6 Å². The molecule has 3 heterocycles. The summed E-state index contributed by atoms with van der Waals surface area (Å²) in [5.74, 6) is -5.68. The molecular formula is C61H88N6O14. The number of amides is 4. The molecule has 0 bridgehead atoms. The number of morpholine rings is 2. The van der Waals surface area contributed by atoms with Crippen LogP contribution in [0.15, 0.2) is 48.5 Å². The van der Waals surface area contributed by atoms with E-state index in [1.54, 1.807) is 0 Å². The number of cyclic esters (lactones) is 4. The number of benzene rings is 2. The Hall–Kier alpha value is -6.72. The molecule has 2 aromatic carbocycles. The van der Waals surface area contributed by atoms with Crippen molar-refractivity contribution in [2.24, 2.45) is 23.7 Å². The third kappa shape index (κ3) is 18.1. The molecule has 0 N–H and O–H groups in total. The number of carbonyl (C=O) groups is 8. The lowest BCUT2D eigenvalue weighted by molar-refractivity contribution is -0.175. The van der Waals surface area contributed by atoms with Crippen molar-refractivity contribution in [1.82, 2.24) is 19.6 Å². The molecular weight excluding hydrogens is 1040 g/mol. The second-order valence-electron chi connectivity index (χ2n) is 23.2. The van der Waals surface area contributed by atoms with Gasteiger partial charge in [0, 0.05) is 78.6 Å². The van der Waals surface area contributed by atoms with Crippen LogP contribution in [0.3, 0.4) is 0 Å². The van der Waals surface area contributed by atoms with Crippen LogP contribution in [0.2, 0.25) is 0 Å². The molecule has 20 heteroatoms. The largest absolute Gasteiger partial charge is 0.451 e. The molecule has 3 aliphatic heterocycles. The third-order valence-corrected chi connectivity index (χ3v) is 14.9. The van der Waals surface area contributed by atoms with Gasteiger partial charge in [-0.05, 0) is 91.7 Å². The van der Waals surface area contributed by atoms with Crippen molar-refractivity contribution in [3.05, 3.63) is 59.7 Å². The fraction of sp³-hybridized carbons (Fsp3) is 0.639. The number of hydrogen-bond donors (Lipinski definition) is 0. The van der Waals surface area contributed by atoms with E-state index >= 15 is 9.59 Å². The molecule has 8 atom stereocenters. The zero-order chi connectivity index (χ0) is 59.8. The molecule has 81 heavy (non-hydrogen) atoms. The van der Waals surface area contributed by atoms with Crippen LogP contribution in [0.1, 0.15) is 99.1 Å². The van der Waals surface area contributed by atoms with Gasteiger partial charge in [-0.3, -0.25) is 19.2 Å². The van der Waals surface area contributed by atoms with Crippen molar-refractivity contribution < 1.29 is 66.8 Å². The topological polar surface area (TPSA) is 211 Å². The highest BCUT2D eigenvalue weighted by molar-refractivity contribution is 5.95. The average Bonchev–Trinajstić information content (AvgIpc) is 3.48. The first-order valence-corrected chi connectivity index (χ1v) is 28.5. The second kappa shape index (κ2) is 30.4. The molecule has 3 aliphatic rings. The number of rotatable bonds is 14. The summed E-state index contributed by atoms with van der Waals surface area (Å²) in [5.41, 5.74) is 3.09. The SMILES string of the molecule is C#C[C@H]1OC(=O)[C@H](CC(C)C)N(C)C(=O)[C@@H](Cc2ccc(N3CCOCC3)cc2)OC(=O)[C@H](CC(C)C)N(C)C(=O)[C@@H](C)OC(=O)[C@H](CC(C)C)N(C)C(=O)[C@@H](Cc2ccc(N3CCOCC3)cc2)OC(=O)[C@H](CC(C)C)N(C)C1=O. The normalized spacial score (nSPS) is 25.3. The van der Waals surface area contributed by atoms with Gasteiger partial charge >= 0.3 is 23.9 Å². The Bertz CT molecular complexity index is 2420. The molecule has 2 aromatic rings. The molecule has 3 saturated heterocycles. The first-order valence-electron chi connectivity index (χ1n) is 28.5. The number of ether oxygens (including phenoxy) is 6. The van der Waals surface area contributed by atoms with Crippen LogP contribution >= 0.6 is 0 Å². The standard InChI is InChI=1S/C61H88N6O14/c1-15-51-55(69)63(12)50(35-41(8)9)61(75)81-52(36-43-16-20-45(21-17-43)66-24-28-76-29-25-66)56(70)64(13)47(32-38(2)3)58(72)78-42(10)54(68)62(11)48(33-39(4)5)60(74)80-53(57(71)65(14)49(34-40(6)7)59(73)79-51)37-44-18-22-46(23-19-44)67-26-30-77-31-27-67/h1,16-23,38-42,47-53H,24-37H2,2-14H3/t42-,47+,48+,49+,50+,51-,52-,53-/m1/s1. The smallest absolute Gasteiger partial charge is 0.330 e. The van der Waals surface area contributed by atoms with Gasteiger partial charge < -0.3 is 57.8 Å². The molecule has 0 aliphatic carbocycles. The molecule has 5 rings (SSSR count). The summed E-state index contributed by atoms with van der Waals surface area (Å²) in [7, 11) is 5.46. The Balaban J connectivity index is 1.61. The van der Waals surface area contributed by atoms with E-state index in [1.807, 2.05) is 104 Å². The number of hydrogen-bond acceptors (Lipinski definition) is 16. The van der Waals surface area contributed by atoms with Crippen molar-refractivity contribution in [3.63, 3.8) is 0 Å². The predicted molar refractivity (Wildman–Crippen MR) is 304 cm³/mol. The maximum Gasteiger partial charge on any atom is 0.330 e. The number of terminal acetylenes is 1. The Kier molecular flexibility index (Phi) is 24.4. The van der Waals surface area contributed by atoms with Crippen molar-refractivity contribution in [2.75, 3.05) is 90.6 Å². The fourth-order valence-electron chi connectivity index (χ4n) is 10.2. The zero-order valence-electron chi connectivity index (χ0n) is 49.9. The molecule has 0 unspecified atom stereocenters. The van der Waals surface area contributed by atoms with Crippen LogP contribution in [0.25, 0.3) is 0 Å². The monoisotopic (exact) mass is 1130 g/mol. The number of likely N-dealkylation sites (N-methyl/N-ethyl adjacent to an activating group) is 4. The molecule has 0 saturated carbocycles. The number of anilines is 2. The summed E-state index contributed by atoms with van der Waals surface area (Å²) >= 11 is 0. The van der Waals surface area contributed by atoms with Crippen molar-refractivity contribution in [1.29, 1.82) is 0 Å². The Labute approximate surface area is 479 Å². The van der Waals surface area contributed by atoms with E-state index in [-0.39, 0.29) is 62.2 Å². The Morgan fingerprint density at radius 3 is 1.06 bits per heavy atom. The summed E-state index contributed by atoms with van der Waals surface area (Å²) < 4.78 is 35.2. The highest BCUT2D eigenvalue weighted by Crippen LogP contribution is 2.26. The molecule has 20 nitrogen and oxygen atoms in total. The Morgan fingerprint density at radius 2 is 0.741 bits per heavy atom. The van der Waals surface area contributed by atoms with E-state index in [9.17, 15) is 28.8 Å². The van der Waals surface area contributed by atoms with Gasteiger partial charge in [-0.15, -0.1) is 6.42 Å². The first-order chi connectivity index (χ1) is 38.3. The van der Waals surface area contributed by atoms with E-state index in [0.717, 1.165) is 31.0 Å². The van der Waals surface area contributed by atoms with Crippen LogP contribution in [-0.2, 0) is 79.6 Å². The van der Waals surface area contributed by atoms with E-state index in [4.69, 9.17) is 34.8 Å². The highest BCUT2D eigenvalue weighted by Gasteiger charge is 2.43. The molecule has 0 spiro atoms. The molecule has 3 fully saturated rings.